The first-order chi connectivity index (χ1) is 8.89. The zero-order valence-electron chi connectivity index (χ0n) is 12.7. The first-order valence-electron chi connectivity index (χ1n) is 6.96. The molecule has 0 radical (unpaired) electrons. The lowest BCUT2D eigenvalue weighted by atomic mass is 10.1. The monoisotopic (exact) mass is 300 g/mol. The van der Waals surface area contributed by atoms with E-state index in [1.807, 2.05) is 11.6 Å². The van der Waals surface area contributed by atoms with E-state index in [2.05, 4.69) is 36.5 Å². The third kappa shape index (κ3) is 3.73. The number of nitrogens with zero attached hydrogens (tertiary/aromatic N) is 2. The SMILES string of the molecule is Cc1c(C(=O)NC2CCNCC2)cnn1C(C)(C)C.Cl. The molecular formula is C14H25ClN4O. The van der Waals surface area contributed by atoms with Gasteiger partial charge in [-0.15, -0.1) is 12.4 Å². The number of rotatable bonds is 2. The molecule has 0 aromatic carbocycles. The lowest BCUT2D eigenvalue weighted by molar-refractivity contribution is 0.0928. The normalized spacial score (nSPS) is 16.6. The molecule has 114 valence electrons. The zero-order chi connectivity index (χ0) is 14.0. The van der Waals surface area contributed by atoms with Crippen LogP contribution in [-0.2, 0) is 5.54 Å². The van der Waals surface area contributed by atoms with Gasteiger partial charge in [0.2, 0.25) is 0 Å². The summed E-state index contributed by atoms with van der Waals surface area (Å²) < 4.78 is 1.91. The van der Waals surface area contributed by atoms with E-state index >= 15 is 0 Å². The standard InChI is InChI=1S/C14H24N4O.ClH/c1-10-12(9-16-18(10)14(2,3)4)13(19)17-11-5-7-15-8-6-11;/h9,11,15H,5-8H2,1-4H3,(H,17,19);1H. The highest BCUT2D eigenvalue weighted by Crippen LogP contribution is 2.18. The van der Waals surface area contributed by atoms with Gasteiger partial charge in [-0.25, -0.2) is 0 Å². The predicted octanol–water partition coefficient (Wildman–Crippen LogP) is 1.85. The molecular weight excluding hydrogens is 276 g/mol. The summed E-state index contributed by atoms with van der Waals surface area (Å²) in [6.07, 6.45) is 3.67. The van der Waals surface area contributed by atoms with Crippen molar-refractivity contribution in [1.82, 2.24) is 20.4 Å². The Hall–Kier alpha value is -1.07. The van der Waals surface area contributed by atoms with E-state index in [1.54, 1.807) is 6.20 Å². The Balaban J connectivity index is 0.00000200. The fourth-order valence-electron chi connectivity index (χ4n) is 2.54. The van der Waals surface area contributed by atoms with Crippen molar-refractivity contribution in [1.29, 1.82) is 0 Å². The van der Waals surface area contributed by atoms with Crippen molar-refractivity contribution in [2.75, 3.05) is 13.1 Å². The molecule has 1 aliphatic heterocycles. The van der Waals surface area contributed by atoms with E-state index in [9.17, 15) is 4.79 Å². The Bertz CT molecular complexity index is 458. The zero-order valence-corrected chi connectivity index (χ0v) is 13.5. The largest absolute Gasteiger partial charge is 0.349 e. The molecule has 0 aliphatic carbocycles. The topological polar surface area (TPSA) is 59.0 Å². The van der Waals surface area contributed by atoms with Crippen LogP contribution >= 0.6 is 12.4 Å². The molecule has 0 atom stereocenters. The minimum Gasteiger partial charge on any atom is -0.349 e. The molecule has 2 N–H and O–H groups in total. The first kappa shape index (κ1) is 17.0. The summed E-state index contributed by atoms with van der Waals surface area (Å²) in [4.78, 5) is 12.3. The molecule has 0 saturated carbocycles. The van der Waals surface area contributed by atoms with E-state index < -0.39 is 0 Å². The number of piperidine rings is 1. The lowest BCUT2D eigenvalue weighted by Crippen LogP contribution is -2.42. The van der Waals surface area contributed by atoms with Crippen LogP contribution in [0.2, 0.25) is 0 Å². The first-order valence-corrected chi connectivity index (χ1v) is 6.96. The second-order valence-electron chi connectivity index (χ2n) is 6.22. The van der Waals surface area contributed by atoms with Crippen LogP contribution in [0.5, 0.6) is 0 Å². The molecule has 0 spiro atoms. The highest BCUT2D eigenvalue weighted by Gasteiger charge is 2.23. The van der Waals surface area contributed by atoms with Gasteiger partial charge < -0.3 is 10.6 Å². The molecule has 20 heavy (non-hydrogen) atoms. The summed E-state index contributed by atoms with van der Waals surface area (Å²) >= 11 is 0. The van der Waals surface area contributed by atoms with Gasteiger partial charge in [0.15, 0.2) is 0 Å². The van der Waals surface area contributed by atoms with Gasteiger partial charge in [-0.2, -0.15) is 5.10 Å². The number of halogens is 1. The van der Waals surface area contributed by atoms with Gasteiger partial charge in [-0.05, 0) is 53.6 Å². The van der Waals surface area contributed by atoms with Crippen molar-refractivity contribution in [2.24, 2.45) is 0 Å². The number of nitrogens with one attached hydrogen (secondary N) is 2. The maximum atomic E-state index is 12.3. The van der Waals surface area contributed by atoms with Gasteiger partial charge in [0.25, 0.3) is 5.91 Å². The molecule has 1 amide bonds. The quantitative estimate of drug-likeness (QED) is 0.876. The third-order valence-corrected chi connectivity index (χ3v) is 3.56. The van der Waals surface area contributed by atoms with Crippen molar-refractivity contribution in [2.45, 2.75) is 52.1 Å². The summed E-state index contributed by atoms with van der Waals surface area (Å²) in [6, 6.07) is 0.283. The number of amides is 1. The van der Waals surface area contributed by atoms with Crippen LogP contribution in [0.4, 0.5) is 0 Å². The molecule has 0 unspecified atom stereocenters. The fourth-order valence-corrected chi connectivity index (χ4v) is 2.54. The summed E-state index contributed by atoms with van der Waals surface area (Å²) in [5.41, 5.74) is 1.52. The smallest absolute Gasteiger partial charge is 0.254 e. The van der Waals surface area contributed by atoms with Crippen LogP contribution in [0.1, 0.15) is 49.7 Å². The molecule has 2 heterocycles. The number of carbonyl (C=O) groups is 1. The van der Waals surface area contributed by atoms with E-state index in [0.717, 1.165) is 31.6 Å². The highest BCUT2D eigenvalue weighted by molar-refractivity contribution is 5.95. The molecule has 2 rings (SSSR count). The van der Waals surface area contributed by atoms with Gasteiger partial charge in [0.05, 0.1) is 17.3 Å². The molecule has 1 aromatic heterocycles. The molecule has 1 saturated heterocycles. The van der Waals surface area contributed by atoms with Crippen LogP contribution < -0.4 is 10.6 Å². The minimum absolute atomic E-state index is 0. The van der Waals surface area contributed by atoms with Gasteiger partial charge in [0.1, 0.15) is 0 Å². The Morgan fingerprint density at radius 3 is 2.50 bits per heavy atom. The van der Waals surface area contributed by atoms with E-state index in [0.29, 0.717) is 5.56 Å². The summed E-state index contributed by atoms with van der Waals surface area (Å²) in [5.74, 6) is -0.0000926. The molecule has 0 bridgehead atoms. The van der Waals surface area contributed by atoms with Crippen LogP contribution in [0, 0.1) is 6.92 Å². The maximum absolute atomic E-state index is 12.3. The summed E-state index contributed by atoms with van der Waals surface area (Å²) in [7, 11) is 0. The van der Waals surface area contributed by atoms with Crippen molar-refractivity contribution in [3.8, 4) is 0 Å². The van der Waals surface area contributed by atoms with Crippen molar-refractivity contribution < 1.29 is 4.79 Å². The van der Waals surface area contributed by atoms with Crippen LogP contribution in [-0.4, -0.2) is 34.8 Å². The van der Waals surface area contributed by atoms with Gasteiger partial charge in [-0.3, -0.25) is 9.48 Å². The Labute approximate surface area is 126 Å². The average molecular weight is 301 g/mol. The van der Waals surface area contributed by atoms with Gasteiger partial charge in [-0.1, -0.05) is 0 Å². The van der Waals surface area contributed by atoms with E-state index in [1.165, 1.54) is 0 Å². The second-order valence-corrected chi connectivity index (χ2v) is 6.22. The van der Waals surface area contributed by atoms with Crippen molar-refractivity contribution in [3.05, 3.63) is 17.5 Å². The second kappa shape index (κ2) is 6.59. The van der Waals surface area contributed by atoms with Gasteiger partial charge >= 0.3 is 0 Å². The summed E-state index contributed by atoms with van der Waals surface area (Å²) in [5, 5.41) is 10.7. The highest BCUT2D eigenvalue weighted by atomic mass is 35.5. The fraction of sp³-hybridized carbons (Fsp3) is 0.714. The molecule has 1 aromatic rings. The third-order valence-electron chi connectivity index (χ3n) is 3.56. The van der Waals surface area contributed by atoms with Crippen LogP contribution in [0.3, 0.4) is 0 Å². The van der Waals surface area contributed by atoms with Crippen LogP contribution in [0.15, 0.2) is 6.20 Å². The number of carbonyl (C=O) groups excluding carboxylic acids is 1. The average Bonchev–Trinajstić information content (AvgIpc) is 2.72. The minimum atomic E-state index is -0.0998. The Morgan fingerprint density at radius 2 is 2.00 bits per heavy atom. The van der Waals surface area contributed by atoms with Crippen molar-refractivity contribution >= 4 is 18.3 Å². The van der Waals surface area contributed by atoms with Crippen LogP contribution in [0.25, 0.3) is 0 Å². The number of hydrogen-bond donors (Lipinski definition) is 2. The van der Waals surface area contributed by atoms with Gasteiger partial charge in [0, 0.05) is 11.7 Å². The molecule has 5 nitrogen and oxygen atoms in total. The molecule has 1 aliphatic rings. The van der Waals surface area contributed by atoms with Crippen molar-refractivity contribution in [3.63, 3.8) is 0 Å². The lowest BCUT2D eigenvalue weighted by Gasteiger charge is -2.24. The number of aromatic nitrogens is 2. The molecule has 1 fully saturated rings. The Kier molecular flexibility index (Phi) is 5.59. The number of hydrogen-bond acceptors (Lipinski definition) is 3. The Morgan fingerprint density at radius 1 is 1.40 bits per heavy atom. The summed E-state index contributed by atoms with van der Waals surface area (Å²) in [6.45, 7) is 10.2. The van der Waals surface area contributed by atoms with E-state index in [-0.39, 0.29) is 29.9 Å². The maximum Gasteiger partial charge on any atom is 0.254 e. The predicted molar refractivity (Wildman–Crippen MR) is 82.6 cm³/mol. The van der Waals surface area contributed by atoms with E-state index in [4.69, 9.17) is 0 Å². The molecule has 6 heteroatoms.